The van der Waals surface area contributed by atoms with E-state index in [9.17, 15) is 10.2 Å². The zero-order valence-electron chi connectivity index (χ0n) is 8.89. The zero-order valence-corrected chi connectivity index (χ0v) is 8.89. The van der Waals surface area contributed by atoms with Gasteiger partial charge in [0.2, 0.25) is 0 Å². The van der Waals surface area contributed by atoms with Crippen molar-refractivity contribution in [3.63, 3.8) is 0 Å². The van der Waals surface area contributed by atoms with Gasteiger partial charge < -0.3 is 15.1 Å². The van der Waals surface area contributed by atoms with Crippen LogP contribution in [0.5, 0.6) is 0 Å². The van der Waals surface area contributed by atoms with Crippen LogP contribution >= 0.6 is 0 Å². The van der Waals surface area contributed by atoms with Crippen molar-refractivity contribution in [2.45, 2.75) is 38.4 Å². The summed E-state index contributed by atoms with van der Waals surface area (Å²) < 4.78 is 0. The number of fused-ring (bicyclic) bond motifs is 1. The second-order valence-corrected chi connectivity index (χ2v) is 4.97. The second kappa shape index (κ2) is 4.17. The van der Waals surface area contributed by atoms with Crippen molar-refractivity contribution in [1.82, 2.24) is 4.90 Å². The molecular formula is C11H21NO2. The summed E-state index contributed by atoms with van der Waals surface area (Å²) >= 11 is 0. The predicted molar refractivity (Wildman–Crippen MR) is 55.0 cm³/mol. The van der Waals surface area contributed by atoms with E-state index in [1.54, 1.807) is 0 Å². The van der Waals surface area contributed by atoms with Gasteiger partial charge in [-0.05, 0) is 32.1 Å². The van der Waals surface area contributed by atoms with Crippen LogP contribution < -0.4 is 0 Å². The lowest BCUT2D eigenvalue weighted by Crippen LogP contribution is -2.27. The molecule has 1 aliphatic heterocycles. The first kappa shape index (κ1) is 10.4. The molecule has 1 heterocycles. The molecule has 0 aromatic rings. The molecule has 2 rings (SSSR count). The molecule has 0 radical (unpaired) electrons. The molecule has 82 valence electrons. The second-order valence-electron chi connectivity index (χ2n) is 4.97. The highest BCUT2D eigenvalue weighted by Gasteiger charge is 2.41. The van der Waals surface area contributed by atoms with Gasteiger partial charge in [-0.25, -0.2) is 0 Å². The van der Waals surface area contributed by atoms with Crippen LogP contribution in [0.4, 0.5) is 0 Å². The smallest absolute Gasteiger partial charge is 0.0583 e. The molecule has 0 spiro atoms. The molecule has 14 heavy (non-hydrogen) atoms. The Labute approximate surface area is 85.7 Å². The highest BCUT2D eigenvalue weighted by molar-refractivity contribution is 4.93. The van der Waals surface area contributed by atoms with E-state index in [0.29, 0.717) is 5.92 Å². The van der Waals surface area contributed by atoms with E-state index < -0.39 is 0 Å². The van der Waals surface area contributed by atoms with E-state index >= 15 is 0 Å². The average molecular weight is 199 g/mol. The number of nitrogens with zero attached hydrogens (tertiary/aromatic N) is 1. The maximum atomic E-state index is 9.72. The minimum Gasteiger partial charge on any atom is -0.393 e. The van der Waals surface area contributed by atoms with Crippen LogP contribution in [-0.2, 0) is 0 Å². The van der Waals surface area contributed by atoms with E-state index in [4.69, 9.17) is 0 Å². The fraction of sp³-hybridized carbons (Fsp3) is 1.00. The Hall–Kier alpha value is -0.120. The number of aliphatic hydroxyl groups is 2. The van der Waals surface area contributed by atoms with Crippen molar-refractivity contribution < 1.29 is 10.2 Å². The predicted octanol–water partition coefficient (Wildman–Crippen LogP) is 0.460. The summed E-state index contributed by atoms with van der Waals surface area (Å²) in [5.41, 5.74) is 0. The zero-order chi connectivity index (χ0) is 10.1. The molecule has 1 saturated carbocycles. The third-order valence-electron chi connectivity index (χ3n) is 3.76. The summed E-state index contributed by atoms with van der Waals surface area (Å²) in [5.74, 6) is 1.24. The molecule has 4 atom stereocenters. The Balaban J connectivity index is 1.78. The minimum atomic E-state index is -0.194. The summed E-state index contributed by atoms with van der Waals surface area (Å²) in [6, 6.07) is 0. The Morgan fingerprint density at radius 3 is 2.79 bits per heavy atom. The van der Waals surface area contributed by atoms with Crippen LogP contribution in [0.25, 0.3) is 0 Å². The Bertz CT molecular complexity index is 196. The van der Waals surface area contributed by atoms with Gasteiger partial charge >= 0.3 is 0 Å². The molecule has 3 nitrogen and oxygen atoms in total. The number of hydrogen-bond acceptors (Lipinski definition) is 3. The monoisotopic (exact) mass is 199 g/mol. The molecule has 3 heteroatoms. The molecule has 2 N–H and O–H groups in total. The fourth-order valence-corrected chi connectivity index (χ4v) is 2.88. The van der Waals surface area contributed by atoms with Crippen molar-refractivity contribution >= 4 is 0 Å². The van der Waals surface area contributed by atoms with Gasteiger partial charge in [0.05, 0.1) is 12.2 Å². The maximum Gasteiger partial charge on any atom is 0.0583 e. The third kappa shape index (κ3) is 2.10. The van der Waals surface area contributed by atoms with E-state index in [1.165, 1.54) is 6.42 Å². The van der Waals surface area contributed by atoms with Crippen molar-refractivity contribution in [2.24, 2.45) is 11.8 Å². The van der Waals surface area contributed by atoms with Gasteiger partial charge in [0, 0.05) is 25.6 Å². The summed E-state index contributed by atoms with van der Waals surface area (Å²) in [4.78, 5) is 2.39. The van der Waals surface area contributed by atoms with Crippen LogP contribution in [0.2, 0.25) is 0 Å². The minimum absolute atomic E-state index is 0.0588. The molecule has 0 bridgehead atoms. The van der Waals surface area contributed by atoms with Gasteiger partial charge in [-0.2, -0.15) is 0 Å². The topological polar surface area (TPSA) is 43.7 Å². The standard InChI is InChI=1S/C11H21NO2/c1-8(13)4-5-12-6-9-2-3-11(14)10(9)7-12/h8-11,13-14H,2-7H2,1H3. The number of aliphatic hydroxyl groups excluding tert-OH is 2. The van der Waals surface area contributed by atoms with Crippen LogP contribution in [0.15, 0.2) is 0 Å². The Kier molecular flexibility index (Phi) is 3.10. The van der Waals surface area contributed by atoms with Gasteiger partial charge in [0.15, 0.2) is 0 Å². The van der Waals surface area contributed by atoms with Gasteiger partial charge in [0.25, 0.3) is 0 Å². The molecule has 4 unspecified atom stereocenters. The van der Waals surface area contributed by atoms with Gasteiger partial charge in [-0.3, -0.25) is 0 Å². The van der Waals surface area contributed by atoms with Crippen LogP contribution in [0.3, 0.4) is 0 Å². The lowest BCUT2D eigenvalue weighted by Gasteiger charge is -2.18. The Morgan fingerprint density at radius 1 is 1.36 bits per heavy atom. The first-order chi connectivity index (χ1) is 6.66. The molecule has 1 aliphatic carbocycles. The normalized spacial score (nSPS) is 40.1. The molecule has 2 aliphatic rings. The molecular weight excluding hydrogens is 178 g/mol. The van der Waals surface area contributed by atoms with Gasteiger partial charge in [-0.15, -0.1) is 0 Å². The summed E-state index contributed by atoms with van der Waals surface area (Å²) in [5, 5.41) is 18.9. The lowest BCUT2D eigenvalue weighted by atomic mass is 10.00. The highest BCUT2D eigenvalue weighted by atomic mass is 16.3. The largest absolute Gasteiger partial charge is 0.393 e. The van der Waals surface area contributed by atoms with Crippen LogP contribution in [0, 0.1) is 11.8 Å². The van der Waals surface area contributed by atoms with Gasteiger partial charge in [0.1, 0.15) is 0 Å². The summed E-state index contributed by atoms with van der Waals surface area (Å²) in [6.07, 6.45) is 2.79. The quantitative estimate of drug-likeness (QED) is 0.694. The fourth-order valence-electron chi connectivity index (χ4n) is 2.88. The number of likely N-dealkylation sites (tertiary alicyclic amines) is 1. The lowest BCUT2D eigenvalue weighted by molar-refractivity contribution is 0.120. The van der Waals surface area contributed by atoms with E-state index in [0.717, 1.165) is 38.4 Å². The molecule has 1 saturated heterocycles. The van der Waals surface area contributed by atoms with Crippen molar-refractivity contribution in [2.75, 3.05) is 19.6 Å². The first-order valence-electron chi connectivity index (χ1n) is 5.75. The SMILES string of the molecule is CC(O)CCN1CC2CCC(O)C2C1. The third-order valence-corrected chi connectivity index (χ3v) is 3.76. The number of hydrogen-bond donors (Lipinski definition) is 2. The van der Waals surface area contributed by atoms with Crippen molar-refractivity contribution in [3.8, 4) is 0 Å². The van der Waals surface area contributed by atoms with Crippen molar-refractivity contribution in [3.05, 3.63) is 0 Å². The summed E-state index contributed by atoms with van der Waals surface area (Å²) in [7, 11) is 0. The summed E-state index contributed by atoms with van der Waals surface area (Å²) in [6.45, 7) is 5.00. The molecule has 0 amide bonds. The first-order valence-corrected chi connectivity index (χ1v) is 5.75. The average Bonchev–Trinajstić information content (AvgIpc) is 2.65. The Morgan fingerprint density at radius 2 is 2.14 bits per heavy atom. The maximum absolute atomic E-state index is 9.72. The van der Waals surface area contributed by atoms with E-state index in [-0.39, 0.29) is 12.2 Å². The number of rotatable bonds is 3. The van der Waals surface area contributed by atoms with Crippen LogP contribution in [0.1, 0.15) is 26.2 Å². The molecule has 2 fully saturated rings. The van der Waals surface area contributed by atoms with E-state index in [1.807, 2.05) is 6.92 Å². The molecule has 0 aromatic heterocycles. The van der Waals surface area contributed by atoms with Crippen molar-refractivity contribution in [1.29, 1.82) is 0 Å². The van der Waals surface area contributed by atoms with E-state index in [2.05, 4.69) is 4.90 Å². The highest BCUT2D eigenvalue weighted by Crippen LogP contribution is 2.37. The molecule has 0 aromatic carbocycles. The van der Waals surface area contributed by atoms with Crippen LogP contribution in [-0.4, -0.2) is 47.0 Å². The van der Waals surface area contributed by atoms with Gasteiger partial charge in [-0.1, -0.05) is 0 Å².